The number of hydrogen-bond donors (Lipinski definition) is 2. The van der Waals surface area contributed by atoms with E-state index in [-0.39, 0.29) is 6.04 Å². The molecule has 3 heterocycles. The minimum Gasteiger partial charge on any atom is -0.361 e. The third kappa shape index (κ3) is 5.31. The lowest BCUT2D eigenvalue weighted by molar-refractivity contribution is 0.103. The van der Waals surface area contributed by atoms with Gasteiger partial charge in [0.15, 0.2) is 0 Å². The summed E-state index contributed by atoms with van der Waals surface area (Å²) in [5, 5.41) is 12.5. The number of halogens is 1. The first-order valence-corrected chi connectivity index (χ1v) is 11.8. The summed E-state index contributed by atoms with van der Waals surface area (Å²) in [5.74, 6) is 0. The lowest BCUT2D eigenvalue weighted by atomic mass is 10.0. The first-order chi connectivity index (χ1) is 16.3. The molecule has 0 spiro atoms. The molecule has 4 aromatic rings. The summed E-state index contributed by atoms with van der Waals surface area (Å²) in [6.45, 7) is 3.23. The Kier molecular flexibility index (Phi) is 6.79. The second kappa shape index (κ2) is 10.3. The van der Waals surface area contributed by atoms with Crippen molar-refractivity contribution in [1.29, 1.82) is 0 Å². The number of benzene rings is 2. The van der Waals surface area contributed by atoms with Gasteiger partial charge in [0.1, 0.15) is 18.8 Å². The van der Waals surface area contributed by atoms with E-state index < -0.39 is 6.17 Å². The smallest absolute Gasteiger partial charge is 0.128 e. The Morgan fingerprint density at radius 3 is 2.73 bits per heavy atom. The third-order valence-corrected chi connectivity index (χ3v) is 6.68. The zero-order valence-corrected chi connectivity index (χ0v) is 18.8. The van der Waals surface area contributed by atoms with E-state index in [9.17, 15) is 4.39 Å². The van der Waals surface area contributed by atoms with Gasteiger partial charge in [0.2, 0.25) is 0 Å². The Morgan fingerprint density at radius 1 is 1.06 bits per heavy atom. The monoisotopic (exact) mass is 446 g/mol. The maximum Gasteiger partial charge on any atom is 0.128 e. The largest absolute Gasteiger partial charge is 0.361 e. The van der Waals surface area contributed by atoms with Gasteiger partial charge in [-0.3, -0.25) is 4.57 Å². The number of aromatic amines is 1. The molecular formula is C26H31FN6. The van der Waals surface area contributed by atoms with E-state index in [1.807, 2.05) is 10.6 Å². The maximum atomic E-state index is 14.8. The van der Waals surface area contributed by atoms with Crippen LogP contribution in [-0.4, -0.2) is 63.0 Å². The normalized spacial score (nSPS) is 19.3. The second-order valence-corrected chi connectivity index (χ2v) is 8.92. The number of H-pyrrole nitrogens is 1. The van der Waals surface area contributed by atoms with Gasteiger partial charge in [-0.2, -0.15) is 0 Å². The molecule has 0 amide bonds. The minimum absolute atomic E-state index is 0.0327. The Hall–Kier alpha value is -3.03. The Balaban J connectivity index is 1.09. The van der Waals surface area contributed by atoms with Gasteiger partial charge in [-0.25, -0.2) is 4.39 Å². The zero-order chi connectivity index (χ0) is 22.5. The standard InChI is InChI=1S/C26H31FN6/c27-24-17-32(14-11-26(24)28-12-10-20-5-2-1-3-6-20)13-4-7-21-16-29-25-9-8-22(15-23(21)25)33-18-30-31-19-33/h1-3,5-6,8-9,15-16,18-19,24,26,28-29H,4,7,10-14,17H2. The van der Waals surface area contributed by atoms with E-state index in [2.05, 4.69) is 74.1 Å². The summed E-state index contributed by atoms with van der Waals surface area (Å²) in [7, 11) is 0. The Labute approximate surface area is 193 Å². The number of aromatic nitrogens is 4. The SMILES string of the molecule is FC1CN(CCCc2c[nH]c3ccc(-n4cnnc4)cc23)CCC1NCCc1ccccc1. The number of alkyl halides is 1. The molecule has 1 aliphatic heterocycles. The van der Waals surface area contributed by atoms with Crippen molar-refractivity contribution in [1.82, 2.24) is 30.0 Å². The number of aryl methyl sites for hydroxylation is 1. The Bertz CT molecular complexity index is 1140. The molecule has 2 atom stereocenters. The van der Waals surface area contributed by atoms with Crippen molar-refractivity contribution in [2.75, 3.05) is 26.2 Å². The topological polar surface area (TPSA) is 61.8 Å². The van der Waals surface area contributed by atoms with Gasteiger partial charge >= 0.3 is 0 Å². The van der Waals surface area contributed by atoms with Crippen molar-refractivity contribution in [2.24, 2.45) is 0 Å². The summed E-state index contributed by atoms with van der Waals surface area (Å²) < 4.78 is 16.7. The van der Waals surface area contributed by atoms with Gasteiger partial charge in [0.05, 0.1) is 0 Å². The van der Waals surface area contributed by atoms with Crippen LogP contribution >= 0.6 is 0 Å². The van der Waals surface area contributed by atoms with Crippen LogP contribution in [0.15, 0.2) is 67.4 Å². The zero-order valence-electron chi connectivity index (χ0n) is 18.8. The molecule has 2 unspecified atom stereocenters. The lowest BCUT2D eigenvalue weighted by Gasteiger charge is -2.35. The summed E-state index contributed by atoms with van der Waals surface area (Å²) >= 11 is 0. The van der Waals surface area contributed by atoms with Crippen molar-refractivity contribution >= 4 is 10.9 Å². The predicted octanol–water partition coefficient (Wildman–Crippen LogP) is 3.93. The van der Waals surface area contributed by atoms with Crippen molar-refractivity contribution in [3.63, 3.8) is 0 Å². The molecule has 2 N–H and O–H groups in total. The van der Waals surface area contributed by atoms with Crippen LogP contribution in [0.3, 0.4) is 0 Å². The molecule has 172 valence electrons. The average molecular weight is 447 g/mol. The molecule has 0 radical (unpaired) electrons. The molecule has 6 nitrogen and oxygen atoms in total. The summed E-state index contributed by atoms with van der Waals surface area (Å²) in [5.41, 5.74) is 4.78. The molecule has 2 aromatic carbocycles. The second-order valence-electron chi connectivity index (χ2n) is 8.92. The molecule has 1 saturated heterocycles. The summed E-state index contributed by atoms with van der Waals surface area (Å²) in [6.07, 6.45) is 8.50. The molecule has 0 aliphatic carbocycles. The fourth-order valence-electron chi connectivity index (χ4n) is 4.81. The minimum atomic E-state index is -0.811. The van der Waals surface area contributed by atoms with Crippen molar-refractivity contribution in [3.05, 3.63) is 78.5 Å². The highest BCUT2D eigenvalue weighted by molar-refractivity contribution is 5.85. The first-order valence-electron chi connectivity index (χ1n) is 11.8. The van der Waals surface area contributed by atoms with E-state index in [4.69, 9.17) is 0 Å². The van der Waals surface area contributed by atoms with E-state index in [0.29, 0.717) is 6.54 Å². The molecule has 33 heavy (non-hydrogen) atoms. The number of nitrogens with zero attached hydrogens (tertiary/aromatic N) is 4. The molecule has 1 aliphatic rings. The fraction of sp³-hybridized carbons (Fsp3) is 0.385. The van der Waals surface area contributed by atoms with Gasteiger partial charge in [0, 0.05) is 35.4 Å². The van der Waals surface area contributed by atoms with E-state index in [0.717, 1.165) is 56.5 Å². The molecule has 1 fully saturated rings. The van der Waals surface area contributed by atoms with Crippen molar-refractivity contribution in [3.8, 4) is 5.69 Å². The van der Waals surface area contributed by atoms with Crippen LogP contribution in [0.5, 0.6) is 0 Å². The molecule has 2 aromatic heterocycles. The van der Waals surface area contributed by atoms with E-state index in [1.165, 1.54) is 16.5 Å². The molecular weight excluding hydrogens is 415 g/mol. The number of hydrogen-bond acceptors (Lipinski definition) is 4. The molecule has 5 rings (SSSR count). The first kappa shape index (κ1) is 21.8. The molecule has 7 heteroatoms. The summed E-state index contributed by atoms with van der Waals surface area (Å²) in [6, 6.07) is 16.7. The van der Waals surface area contributed by atoms with Crippen LogP contribution in [0.25, 0.3) is 16.6 Å². The van der Waals surface area contributed by atoms with Crippen LogP contribution in [0.4, 0.5) is 4.39 Å². The quantitative estimate of drug-likeness (QED) is 0.409. The van der Waals surface area contributed by atoms with Gasteiger partial charge in [-0.15, -0.1) is 10.2 Å². The van der Waals surface area contributed by atoms with Gasteiger partial charge < -0.3 is 15.2 Å². The highest BCUT2D eigenvalue weighted by Gasteiger charge is 2.28. The van der Waals surface area contributed by atoms with Crippen LogP contribution < -0.4 is 5.32 Å². The number of nitrogens with one attached hydrogen (secondary N) is 2. The molecule has 0 bridgehead atoms. The highest BCUT2D eigenvalue weighted by Crippen LogP contribution is 2.23. The predicted molar refractivity (Wildman–Crippen MR) is 129 cm³/mol. The Morgan fingerprint density at radius 2 is 1.91 bits per heavy atom. The number of fused-ring (bicyclic) bond motifs is 1. The molecule has 0 saturated carbocycles. The van der Waals surface area contributed by atoms with Gasteiger partial charge in [-0.05, 0) is 74.6 Å². The van der Waals surface area contributed by atoms with Crippen molar-refractivity contribution in [2.45, 2.75) is 37.9 Å². The van der Waals surface area contributed by atoms with E-state index in [1.54, 1.807) is 12.7 Å². The van der Waals surface area contributed by atoms with Crippen molar-refractivity contribution < 1.29 is 4.39 Å². The number of likely N-dealkylation sites (tertiary alicyclic amines) is 1. The number of piperidine rings is 1. The number of rotatable bonds is 9. The van der Waals surface area contributed by atoms with Crippen LogP contribution in [0, 0.1) is 0 Å². The van der Waals surface area contributed by atoms with Crippen LogP contribution in [-0.2, 0) is 12.8 Å². The fourth-order valence-corrected chi connectivity index (χ4v) is 4.81. The van der Waals surface area contributed by atoms with E-state index >= 15 is 0 Å². The van der Waals surface area contributed by atoms with Crippen LogP contribution in [0.2, 0.25) is 0 Å². The highest BCUT2D eigenvalue weighted by atomic mass is 19.1. The third-order valence-electron chi connectivity index (χ3n) is 6.68. The summed E-state index contributed by atoms with van der Waals surface area (Å²) in [4.78, 5) is 5.65. The van der Waals surface area contributed by atoms with Crippen LogP contribution in [0.1, 0.15) is 24.0 Å². The maximum absolute atomic E-state index is 14.8. The lowest BCUT2D eigenvalue weighted by Crippen LogP contribution is -2.51. The van der Waals surface area contributed by atoms with Gasteiger partial charge in [0.25, 0.3) is 0 Å². The van der Waals surface area contributed by atoms with Gasteiger partial charge in [-0.1, -0.05) is 30.3 Å². The average Bonchev–Trinajstić information content (AvgIpc) is 3.51.